The van der Waals surface area contributed by atoms with Crippen LogP contribution >= 0.6 is 0 Å². The number of rotatable bonds is 2. The molecule has 0 unspecified atom stereocenters. The van der Waals surface area contributed by atoms with Crippen LogP contribution in [0.4, 0.5) is 0 Å². The van der Waals surface area contributed by atoms with Gasteiger partial charge in [0.05, 0.1) is 23.9 Å². The molecule has 2 saturated heterocycles. The third-order valence-electron chi connectivity index (χ3n) is 8.89. The average molecular weight is 390 g/mol. The monoisotopic (exact) mass is 390 g/mol. The summed E-state index contributed by atoms with van der Waals surface area (Å²) in [6.45, 7) is 10.1. The van der Waals surface area contributed by atoms with Gasteiger partial charge in [-0.05, 0) is 56.8 Å². The molecule has 6 nitrogen and oxygen atoms in total. The van der Waals surface area contributed by atoms with Crippen molar-refractivity contribution in [2.75, 3.05) is 6.61 Å². The largest absolute Gasteiger partial charge is 0.465 e. The fourth-order valence-corrected chi connectivity index (χ4v) is 7.18. The molecule has 5 fully saturated rings. The Balaban J connectivity index is 1.58. The second-order valence-electron chi connectivity index (χ2n) is 10.4. The van der Waals surface area contributed by atoms with Gasteiger partial charge in [0.2, 0.25) is 0 Å². The molecule has 0 aromatic rings. The molecule has 3 saturated carbocycles. The zero-order valence-corrected chi connectivity index (χ0v) is 17.0. The number of carbonyl (C=O) groups is 2. The molecule has 3 aliphatic carbocycles. The van der Waals surface area contributed by atoms with Gasteiger partial charge in [0.25, 0.3) is 0 Å². The Hall–Kier alpha value is -1.40. The van der Waals surface area contributed by atoms with E-state index in [1.165, 1.54) is 6.92 Å². The normalized spacial score (nSPS) is 54.0. The summed E-state index contributed by atoms with van der Waals surface area (Å²) in [5.74, 6) is -0.814. The summed E-state index contributed by atoms with van der Waals surface area (Å²) in [5.41, 5.74) is -1.62. The molecule has 1 N–H and O–H groups in total. The molecule has 0 aromatic carbocycles. The summed E-state index contributed by atoms with van der Waals surface area (Å²) in [5, 5.41) is 11.9. The van der Waals surface area contributed by atoms with Gasteiger partial charge in [0.1, 0.15) is 11.7 Å². The molecular formula is C22H30O6. The van der Waals surface area contributed by atoms with E-state index in [1.807, 2.05) is 0 Å². The lowest BCUT2D eigenvalue weighted by atomic mass is 9.50. The number of ether oxygens (including phenoxy) is 3. The van der Waals surface area contributed by atoms with Crippen LogP contribution < -0.4 is 0 Å². The second-order valence-corrected chi connectivity index (χ2v) is 10.4. The zero-order valence-electron chi connectivity index (χ0n) is 17.0. The molecule has 5 aliphatic rings. The third-order valence-corrected chi connectivity index (χ3v) is 8.89. The van der Waals surface area contributed by atoms with Gasteiger partial charge in [-0.15, -0.1) is 0 Å². The van der Waals surface area contributed by atoms with E-state index >= 15 is 0 Å². The quantitative estimate of drug-likeness (QED) is 0.443. The van der Waals surface area contributed by atoms with Crippen molar-refractivity contribution >= 4 is 11.9 Å². The van der Waals surface area contributed by atoms with Crippen LogP contribution in [0, 0.1) is 22.7 Å². The van der Waals surface area contributed by atoms with Crippen molar-refractivity contribution in [1.82, 2.24) is 0 Å². The van der Waals surface area contributed by atoms with Crippen molar-refractivity contribution in [2.45, 2.75) is 82.7 Å². The predicted molar refractivity (Wildman–Crippen MR) is 99.1 cm³/mol. The molecule has 2 aliphatic heterocycles. The standard InChI is InChI=1S/C22H30O6/c1-12-18(24)27-16-10-21(11-26-13(2)23)8-7-19(3)9-15-20(4,28-15)6-5-14(19)17(21)22(12,16)25/h14-17,25H,1,5-11H2,2-4H3/t14-,15-,16+,17-,19+,20+,21+,22-/m1/s1. The molecule has 8 atom stereocenters. The summed E-state index contributed by atoms with van der Waals surface area (Å²) < 4.78 is 17.1. The first-order valence-electron chi connectivity index (χ1n) is 10.5. The van der Waals surface area contributed by atoms with Crippen molar-refractivity contribution < 1.29 is 28.9 Å². The minimum Gasteiger partial charge on any atom is -0.465 e. The van der Waals surface area contributed by atoms with E-state index in [0.29, 0.717) is 6.42 Å². The number of hydrogen-bond donors (Lipinski definition) is 1. The van der Waals surface area contributed by atoms with Gasteiger partial charge in [-0.1, -0.05) is 13.5 Å². The summed E-state index contributed by atoms with van der Waals surface area (Å²) in [4.78, 5) is 23.9. The van der Waals surface area contributed by atoms with Crippen LogP contribution in [-0.2, 0) is 23.8 Å². The highest BCUT2D eigenvalue weighted by molar-refractivity contribution is 5.93. The Bertz CT molecular complexity index is 777. The average Bonchev–Trinajstić information content (AvgIpc) is 3.13. The highest BCUT2D eigenvalue weighted by Gasteiger charge is 2.74. The van der Waals surface area contributed by atoms with Crippen LogP contribution in [0.3, 0.4) is 0 Å². The van der Waals surface area contributed by atoms with Crippen LogP contribution in [0.5, 0.6) is 0 Å². The van der Waals surface area contributed by atoms with Gasteiger partial charge >= 0.3 is 11.9 Å². The molecule has 0 spiro atoms. The first-order chi connectivity index (χ1) is 13.0. The van der Waals surface area contributed by atoms with E-state index in [-0.39, 0.29) is 52.5 Å². The summed E-state index contributed by atoms with van der Waals surface area (Å²) >= 11 is 0. The van der Waals surface area contributed by atoms with Crippen LogP contribution in [0.25, 0.3) is 0 Å². The Morgan fingerprint density at radius 3 is 2.71 bits per heavy atom. The topological polar surface area (TPSA) is 85.4 Å². The molecule has 0 amide bonds. The Labute approximate surface area is 165 Å². The number of hydrogen-bond acceptors (Lipinski definition) is 6. The minimum atomic E-state index is -1.38. The van der Waals surface area contributed by atoms with E-state index in [4.69, 9.17) is 14.2 Å². The Morgan fingerprint density at radius 1 is 1.25 bits per heavy atom. The van der Waals surface area contributed by atoms with Crippen molar-refractivity contribution in [3.8, 4) is 0 Å². The van der Waals surface area contributed by atoms with Gasteiger partial charge in [-0.25, -0.2) is 4.79 Å². The maximum absolute atomic E-state index is 12.3. The SMILES string of the molecule is C=C1C(=O)O[C@H]2C[C@]3(COC(C)=O)CC[C@@]4(C)C[C@H]5O[C@@]5(C)CC[C@@H]4[C@H]3[C@@]12O. The fraction of sp³-hybridized carbons (Fsp3) is 0.818. The lowest BCUT2D eigenvalue weighted by molar-refractivity contribution is -0.158. The summed E-state index contributed by atoms with van der Waals surface area (Å²) in [6, 6.07) is 0. The number of epoxide rings is 1. The summed E-state index contributed by atoms with van der Waals surface area (Å²) in [7, 11) is 0. The van der Waals surface area contributed by atoms with E-state index in [2.05, 4.69) is 20.4 Å². The Morgan fingerprint density at radius 2 is 2.00 bits per heavy atom. The molecule has 0 bridgehead atoms. The van der Waals surface area contributed by atoms with Crippen LogP contribution in [0.1, 0.15) is 59.3 Å². The van der Waals surface area contributed by atoms with Gasteiger partial charge in [0.15, 0.2) is 0 Å². The van der Waals surface area contributed by atoms with Crippen LogP contribution in [0.15, 0.2) is 12.2 Å². The lowest BCUT2D eigenvalue weighted by Crippen LogP contribution is -2.56. The van der Waals surface area contributed by atoms with Crippen molar-refractivity contribution in [2.24, 2.45) is 22.7 Å². The van der Waals surface area contributed by atoms with Crippen molar-refractivity contribution in [3.05, 3.63) is 12.2 Å². The highest BCUT2D eigenvalue weighted by Crippen LogP contribution is 2.70. The number of carbonyl (C=O) groups excluding carboxylic acids is 2. The third kappa shape index (κ3) is 2.22. The first-order valence-corrected chi connectivity index (χ1v) is 10.5. The molecule has 0 aromatic heterocycles. The molecule has 6 heteroatoms. The van der Waals surface area contributed by atoms with Crippen LogP contribution in [0.2, 0.25) is 0 Å². The molecule has 28 heavy (non-hydrogen) atoms. The van der Waals surface area contributed by atoms with Gasteiger partial charge in [-0.3, -0.25) is 4.79 Å². The smallest absolute Gasteiger partial charge is 0.336 e. The van der Waals surface area contributed by atoms with E-state index < -0.39 is 17.7 Å². The minimum absolute atomic E-state index is 0.0137. The van der Waals surface area contributed by atoms with E-state index in [1.54, 1.807) is 0 Å². The zero-order chi connectivity index (χ0) is 20.1. The molecular weight excluding hydrogens is 360 g/mol. The molecule has 2 heterocycles. The van der Waals surface area contributed by atoms with E-state index in [0.717, 1.165) is 32.1 Å². The van der Waals surface area contributed by atoms with E-state index in [9.17, 15) is 14.7 Å². The summed E-state index contributed by atoms with van der Waals surface area (Å²) in [6.07, 6.45) is 4.87. The maximum atomic E-state index is 12.3. The maximum Gasteiger partial charge on any atom is 0.336 e. The predicted octanol–water partition coefficient (Wildman–Crippen LogP) is 2.53. The molecule has 5 rings (SSSR count). The van der Waals surface area contributed by atoms with Crippen molar-refractivity contribution in [3.63, 3.8) is 0 Å². The van der Waals surface area contributed by atoms with Gasteiger partial charge < -0.3 is 19.3 Å². The number of aliphatic hydroxyl groups is 1. The lowest BCUT2D eigenvalue weighted by Gasteiger charge is -2.55. The Kier molecular flexibility index (Phi) is 3.59. The fourth-order valence-electron chi connectivity index (χ4n) is 7.18. The number of esters is 2. The van der Waals surface area contributed by atoms with Crippen molar-refractivity contribution in [1.29, 1.82) is 0 Å². The van der Waals surface area contributed by atoms with Gasteiger partial charge in [0, 0.05) is 18.3 Å². The first kappa shape index (κ1) is 18.6. The van der Waals surface area contributed by atoms with Crippen LogP contribution in [-0.4, -0.2) is 47.1 Å². The molecule has 154 valence electrons. The van der Waals surface area contributed by atoms with Gasteiger partial charge in [-0.2, -0.15) is 0 Å². The highest BCUT2D eigenvalue weighted by atomic mass is 16.6. The molecule has 0 radical (unpaired) electrons. The second kappa shape index (κ2) is 5.39. The number of fused-ring (bicyclic) bond motifs is 6.